The van der Waals surface area contributed by atoms with Crippen LogP contribution in [-0.4, -0.2) is 15.6 Å². The summed E-state index contributed by atoms with van der Waals surface area (Å²) in [6.07, 6.45) is 4.76. The van der Waals surface area contributed by atoms with Crippen molar-refractivity contribution in [3.05, 3.63) is 95.7 Å². The first kappa shape index (κ1) is 18.8. The number of nitrogens with two attached hydrogens (primary N) is 1. The molecule has 0 saturated carbocycles. The number of aryl methyl sites for hydroxylation is 3. The van der Waals surface area contributed by atoms with E-state index in [0.717, 1.165) is 35.3 Å². The molecule has 0 aliphatic carbocycles. The number of hydrogen-bond donors (Lipinski definition) is 2. The van der Waals surface area contributed by atoms with Crippen molar-refractivity contribution < 1.29 is 9.90 Å². The second-order valence-corrected chi connectivity index (χ2v) is 7.35. The molecule has 3 aromatic carbocycles. The summed E-state index contributed by atoms with van der Waals surface area (Å²) in [5.41, 5.74) is 12.4. The van der Waals surface area contributed by atoms with Crippen LogP contribution in [0, 0.1) is 0 Å². The van der Waals surface area contributed by atoms with E-state index in [1.54, 1.807) is 0 Å². The molecule has 0 amide bonds. The van der Waals surface area contributed by atoms with Gasteiger partial charge >= 0.3 is 5.97 Å². The summed E-state index contributed by atoms with van der Waals surface area (Å²) in [6, 6.07) is 24.6. The maximum absolute atomic E-state index is 11.0. The highest BCUT2D eigenvalue weighted by Crippen LogP contribution is 2.28. The Morgan fingerprint density at radius 1 is 0.862 bits per heavy atom. The summed E-state index contributed by atoms with van der Waals surface area (Å²) < 4.78 is 2.19. The molecule has 1 aromatic heterocycles. The van der Waals surface area contributed by atoms with Crippen LogP contribution in [0.5, 0.6) is 0 Å². The average Bonchev–Trinajstić information content (AvgIpc) is 3.10. The van der Waals surface area contributed by atoms with Crippen LogP contribution in [-0.2, 0) is 24.1 Å². The topological polar surface area (TPSA) is 68.2 Å². The lowest BCUT2D eigenvalue weighted by atomic mass is 10.0. The molecule has 4 heteroatoms. The minimum Gasteiger partial charge on any atom is -0.481 e. The molecule has 0 atom stereocenters. The van der Waals surface area contributed by atoms with Gasteiger partial charge in [0.05, 0.1) is 5.52 Å². The largest absolute Gasteiger partial charge is 0.481 e. The highest BCUT2D eigenvalue weighted by Gasteiger charge is 2.12. The van der Waals surface area contributed by atoms with E-state index in [-0.39, 0.29) is 6.42 Å². The first-order valence-corrected chi connectivity index (χ1v) is 9.84. The van der Waals surface area contributed by atoms with Gasteiger partial charge in [0, 0.05) is 29.4 Å². The van der Waals surface area contributed by atoms with Crippen molar-refractivity contribution >= 4 is 22.6 Å². The van der Waals surface area contributed by atoms with E-state index in [2.05, 4.69) is 47.2 Å². The third-order valence-electron chi connectivity index (χ3n) is 5.28. The summed E-state index contributed by atoms with van der Waals surface area (Å²) in [7, 11) is 0. The number of carboxylic acid groups (broad SMARTS) is 1. The minimum absolute atomic E-state index is 0.142. The average molecular weight is 384 g/mol. The second kappa shape index (κ2) is 8.23. The van der Waals surface area contributed by atoms with Crippen molar-refractivity contribution in [3.63, 3.8) is 0 Å². The lowest BCUT2D eigenvalue weighted by molar-refractivity contribution is -0.136. The SMILES string of the molecule is Nc1ccc(-n2cc(CCc3ccccc3)c3cc(CCC(=O)O)ccc32)cc1. The van der Waals surface area contributed by atoms with Crippen LogP contribution in [0.15, 0.2) is 79.0 Å². The van der Waals surface area contributed by atoms with E-state index in [1.165, 1.54) is 16.5 Å². The molecule has 0 radical (unpaired) electrons. The zero-order valence-corrected chi connectivity index (χ0v) is 16.2. The smallest absolute Gasteiger partial charge is 0.303 e. The Morgan fingerprint density at radius 3 is 2.34 bits per heavy atom. The highest BCUT2D eigenvalue weighted by atomic mass is 16.4. The highest BCUT2D eigenvalue weighted by molar-refractivity contribution is 5.86. The normalized spacial score (nSPS) is 11.0. The predicted octanol–water partition coefficient (Wildman–Crippen LogP) is 5.02. The lowest BCUT2D eigenvalue weighted by Gasteiger charge is -2.06. The minimum atomic E-state index is -0.770. The summed E-state index contributed by atoms with van der Waals surface area (Å²) in [5.74, 6) is -0.770. The van der Waals surface area contributed by atoms with Gasteiger partial charge in [-0.15, -0.1) is 0 Å². The Labute approximate surface area is 170 Å². The zero-order valence-electron chi connectivity index (χ0n) is 16.2. The molecule has 0 spiro atoms. The quantitative estimate of drug-likeness (QED) is 0.440. The van der Waals surface area contributed by atoms with Crippen molar-refractivity contribution in [2.24, 2.45) is 0 Å². The molecule has 0 saturated heterocycles. The number of hydrogen-bond acceptors (Lipinski definition) is 2. The standard InChI is InChI=1S/C25H24N2O2/c26-21-10-12-22(13-11-21)27-17-20(9-6-18-4-2-1-3-5-18)23-16-19(7-14-24(23)27)8-15-25(28)29/h1-5,7,10-14,16-17H,6,8-9,15,26H2,(H,28,29). The first-order chi connectivity index (χ1) is 14.1. The van der Waals surface area contributed by atoms with Crippen LogP contribution < -0.4 is 5.73 Å². The number of anilines is 1. The Balaban J connectivity index is 1.73. The third-order valence-corrected chi connectivity index (χ3v) is 5.28. The van der Waals surface area contributed by atoms with Gasteiger partial charge in [-0.05, 0) is 72.4 Å². The van der Waals surface area contributed by atoms with Crippen molar-refractivity contribution in [1.82, 2.24) is 4.57 Å². The Bertz CT molecular complexity index is 1130. The molecule has 29 heavy (non-hydrogen) atoms. The fourth-order valence-corrected chi connectivity index (χ4v) is 3.72. The fraction of sp³-hybridized carbons (Fsp3) is 0.160. The van der Waals surface area contributed by atoms with Crippen molar-refractivity contribution in [3.8, 4) is 5.69 Å². The molecule has 3 N–H and O–H groups in total. The van der Waals surface area contributed by atoms with Gasteiger partial charge in [0.1, 0.15) is 0 Å². The maximum atomic E-state index is 11.0. The molecule has 0 aliphatic heterocycles. The van der Waals surface area contributed by atoms with Crippen LogP contribution in [0.4, 0.5) is 5.69 Å². The molecule has 4 nitrogen and oxygen atoms in total. The fourth-order valence-electron chi connectivity index (χ4n) is 3.72. The van der Waals surface area contributed by atoms with Gasteiger partial charge in [-0.3, -0.25) is 4.79 Å². The van der Waals surface area contributed by atoms with Crippen LogP contribution in [0.1, 0.15) is 23.1 Å². The van der Waals surface area contributed by atoms with Gasteiger partial charge in [-0.25, -0.2) is 0 Å². The van der Waals surface area contributed by atoms with Gasteiger partial charge < -0.3 is 15.4 Å². The number of benzene rings is 3. The van der Waals surface area contributed by atoms with Crippen LogP contribution in [0.25, 0.3) is 16.6 Å². The van der Waals surface area contributed by atoms with Crippen LogP contribution >= 0.6 is 0 Å². The molecule has 0 aliphatic rings. The Kier molecular flexibility index (Phi) is 5.34. The van der Waals surface area contributed by atoms with Crippen LogP contribution in [0.3, 0.4) is 0 Å². The van der Waals surface area contributed by atoms with Gasteiger partial charge in [0.15, 0.2) is 0 Å². The molecule has 0 bridgehead atoms. The number of carbonyl (C=O) groups is 1. The van der Waals surface area contributed by atoms with Gasteiger partial charge in [0.25, 0.3) is 0 Å². The molecule has 0 fully saturated rings. The molecular formula is C25H24N2O2. The van der Waals surface area contributed by atoms with E-state index in [1.807, 2.05) is 36.4 Å². The van der Waals surface area contributed by atoms with E-state index >= 15 is 0 Å². The molecule has 4 rings (SSSR count). The van der Waals surface area contributed by atoms with Gasteiger partial charge in [-0.2, -0.15) is 0 Å². The van der Waals surface area contributed by atoms with E-state index in [4.69, 9.17) is 10.8 Å². The number of aromatic nitrogens is 1. The monoisotopic (exact) mass is 384 g/mol. The zero-order chi connectivity index (χ0) is 20.2. The molecular weight excluding hydrogens is 360 g/mol. The number of rotatable bonds is 7. The van der Waals surface area contributed by atoms with Crippen molar-refractivity contribution in [1.29, 1.82) is 0 Å². The number of carboxylic acids is 1. The Morgan fingerprint density at radius 2 is 1.62 bits per heavy atom. The second-order valence-electron chi connectivity index (χ2n) is 7.35. The summed E-state index contributed by atoms with van der Waals surface area (Å²) in [5, 5.41) is 10.2. The van der Waals surface area contributed by atoms with Crippen molar-refractivity contribution in [2.45, 2.75) is 25.7 Å². The molecule has 146 valence electrons. The first-order valence-electron chi connectivity index (χ1n) is 9.84. The molecule has 0 unspecified atom stereocenters. The predicted molar refractivity (Wildman–Crippen MR) is 117 cm³/mol. The van der Waals surface area contributed by atoms with E-state index < -0.39 is 5.97 Å². The maximum Gasteiger partial charge on any atom is 0.303 e. The Hall–Kier alpha value is -3.53. The number of nitrogens with zero attached hydrogens (tertiary/aromatic N) is 1. The summed E-state index contributed by atoms with van der Waals surface area (Å²) >= 11 is 0. The number of aliphatic carboxylic acids is 1. The van der Waals surface area contributed by atoms with E-state index in [9.17, 15) is 4.79 Å². The molecule has 4 aromatic rings. The van der Waals surface area contributed by atoms with Gasteiger partial charge in [0.2, 0.25) is 0 Å². The number of nitrogen functional groups attached to an aromatic ring is 1. The van der Waals surface area contributed by atoms with Crippen LogP contribution in [0.2, 0.25) is 0 Å². The summed E-state index contributed by atoms with van der Waals surface area (Å²) in [4.78, 5) is 11.0. The van der Waals surface area contributed by atoms with Gasteiger partial charge in [-0.1, -0.05) is 36.4 Å². The van der Waals surface area contributed by atoms with Crippen molar-refractivity contribution in [2.75, 3.05) is 5.73 Å². The summed E-state index contributed by atoms with van der Waals surface area (Å²) in [6.45, 7) is 0. The third kappa shape index (κ3) is 4.32. The number of fused-ring (bicyclic) bond motifs is 1. The molecule has 1 heterocycles. The van der Waals surface area contributed by atoms with E-state index in [0.29, 0.717) is 6.42 Å². The lowest BCUT2D eigenvalue weighted by Crippen LogP contribution is -1.97.